The van der Waals surface area contributed by atoms with Gasteiger partial charge in [-0.1, -0.05) is 23.2 Å². The Morgan fingerprint density at radius 2 is 2.04 bits per heavy atom. The summed E-state index contributed by atoms with van der Waals surface area (Å²) in [5, 5.41) is 5.97. The topological polar surface area (TPSA) is 84.7 Å². The molecular weight excluding hydrogens is 395 g/mol. The molecule has 0 saturated heterocycles. The number of carbonyl (C=O) groups is 1. The van der Waals surface area contributed by atoms with Gasteiger partial charge in [0, 0.05) is 31.5 Å². The summed E-state index contributed by atoms with van der Waals surface area (Å²) in [6, 6.07) is 3.39. The first-order valence-electron chi connectivity index (χ1n) is 7.77. The summed E-state index contributed by atoms with van der Waals surface area (Å²) < 4.78 is 2.74. The highest BCUT2D eigenvalue weighted by atomic mass is 35.5. The van der Waals surface area contributed by atoms with Gasteiger partial charge in [0.1, 0.15) is 27.6 Å². The molecule has 7 nitrogen and oxygen atoms in total. The average molecular weight is 411 g/mol. The molecule has 0 aromatic carbocycles. The normalized spacial score (nSPS) is 10.8. The first kappa shape index (κ1) is 18.6. The zero-order valence-corrected chi connectivity index (χ0v) is 16.4. The number of carbonyl (C=O) groups excluding carboxylic acids is 1. The zero-order chi connectivity index (χ0) is 18.7. The van der Waals surface area contributed by atoms with Gasteiger partial charge in [0.05, 0.1) is 9.90 Å². The summed E-state index contributed by atoms with van der Waals surface area (Å²) in [4.78, 5) is 25.1. The molecular formula is C16H16Cl2N6OS. The summed E-state index contributed by atoms with van der Waals surface area (Å²) in [5.41, 5.74) is 0.386. The van der Waals surface area contributed by atoms with Crippen molar-refractivity contribution in [3.63, 3.8) is 0 Å². The SMILES string of the molecule is Cc1nc(NCCNC(=O)c2cc(Cl)sc2Cl)cc(-n2ccnc2C)n1. The molecule has 0 atom stereocenters. The predicted octanol–water partition coefficient (Wildman–Crippen LogP) is 3.49. The molecule has 0 aliphatic heterocycles. The number of thiophene rings is 1. The third-order valence-corrected chi connectivity index (χ3v) is 5.00. The van der Waals surface area contributed by atoms with E-state index in [1.165, 1.54) is 11.3 Å². The van der Waals surface area contributed by atoms with Gasteiger partial charge < -0.3 is 10.6 Å². The van der Waals surface area contributed by atoms with Crippen LogP contribution in [0.3, 0.4) is 0 Å². The van der Waals surface area contributed by atoms with E-state index in [1.54, 1.807) is 12.3 Å². The lowest BCUT2D eigenvalue weighted by molar-refractivity contribution is 0.0956. The zero-order valence-electron chi connectivity index (χ0n) is 14.1. The maximum Gasteiger partial charge on any atom is 0.253 e. The van der Waals surface area contributed by atoms with Crippen LogP contribution in [0.1, 0.15) is 22.0 Å². The fourth-order valence-electron chi connectivity index (χ4n) is 2.34. The van der Waals surface area contributed by atoms with Gasteiger partial charge in [0.2, 0.25) is 0 Å². The van der Waals surface area contributed by atoms with Crippen LogP contribution in [0.2, 0.25) is 8.67 Å². The van der Waals surface area contributed by atoms with Crippen LogP contribution in [-0.2, 0) is 0 Å². The lowest BCUT2D eigenvalue weighted by atomic mass is 10.3. The second-order valence-electron chi connectivity index (χ2n) is 5.42. The molecule has 0 unspecified atom stereocenters. The highest BCUT2D eigenvalue weighted by molar-refractivity contribution is 7.20. The monoisotopic (exact) mass is 410 g/mol. The highest BCUT2D eigenvalue weighted by Gasteiger charge is 2.13. The number of aryl methyl sites for hydroxylation is 2. The van der Waals surface area contributed by atoms with Crippen molar-refractivity contribution in [2.75, 3.05) is 18.4 Å². The Morgan fingerprint density at radius 3 is 2.69 bits per heavy atom. The molecule has 0 aliphatic carbocycles. The van der Waals surface area contributed by atoms with Crippen molar-refractivity contribution < 1.29 is 4.79 Å². The van der Waals surface area contributed by atoms with Crippen molar-refractivity contribution in [3.8, 4) is 5.82 Å². The summed E-state index contributed by atoms with van der Waals surface area (Å²) >= 11 is 13.0. The molecule has 0 radical (unpaired) electrons. The molecule has 0 aliphatic rings. The minimum Gasteiger partial charge on any atom is -0.368 e. The van der Waals surface area contributed by atoms with Gasteiger partial charge in [-0.3, -0.25) is 9.36 Å². The van der Waals surface area contributed by atoms with Crippen LogP contribution >= 0.6 is 34.5 Å². The van der Waals surface area contributed by atoms with E-state index in [1.807, 2.05) is 30.7 Å². The Morgan fingerprint density at radius 1 is 1.23 bits per heavy atom. The Labute approximate surface area is 164 Å². The summed E-state index contributed by atoms with van der Waals surface area (Å²) in [7, 11) is 0. The number of amides is 1. The van der Waals surface area contributed by atoms with Crippen LogP contribution in [0.15, 0.2) is 24.5 Å². The van der Waals surface area contributed by atoms with Crippen molar-refractivity contribution in [2.45, 2.75) is 13.8 Å². The second-order valence-corrected chi connectivity index (χ2v) is 7.71. The molecule has 0 saturated carbocycles. The average Bonchev–Trinajstić information content (AvgIpc) is 3.16. The molecule has 10 heteroatoms. The van der Waals surface area contributed by atoms with E-state index in [0.29, 0.717) is 39.0 Å². The number of aromatic nitrogens is 4. The van der Waals surface area contributed by atoms with Crippen molar-refractivity contribution in [1.82, 2.24) is 24.8 Å². The Hall–Kier alpha value is -2.16. The molecule has 3 aromatic rings. The largest absolute Gasteiger partial charge is 0.368 e. The van der Waals surface area contributed by atoms with Gasteiger partial charge in [-0.2, -0.15) is 0 Å². The number of halogens is 2. The third kappa shape index (κ3) is 4.32. The van der Waals surface area contributed by atoms with Crippen molar-refractivity contribution in [2.24, 2.45) is 0 Å². The van der Waals surface area contributed by atoms with Crippen LogP contribution in [0.5, 0.6) is 0 Å². The van der Waals surface area contributed by atoms with E-state index in [-0.39, 0.29) is 5.91 Å². The minimum atomic E-state index is -0.256. The number of nitrogens with zero attached hydrogens (tertiary/aromatic N) is 4. The van der Waals surface area contributed by atoms with E-state index >= 15 is 0 Å². The fourth-order valence-corrected chi connectivity index (χ4v) is 3.80. The van der Waals surface area contributed by atoms with Crippen LogP contribution in [0, 0.1) is 13.8 Å². The molecule has 136 valence electrons. The Kier molecular flexibility index (Phi) is 5.75. The number of nitrogens with one attached hydrogen (secondary N) is 2. The maximum atomic E-state index is 12.1. The van der Waals surface area contributed by atoms with E-state index < -0.39 is 0 Å². The molecule has 3 aromatic heterocycles. The molecule has 0 spiro atoms. The van der Waals surface area contributed by atoms with E-state index in [9.17, 15) is 4.79 Å². The molecule has 26 heavy (non-hydrogen) atoms. The standard InChI is InChI=1S/C16H16Cl2N6OS/c1-9-22-13(8-14(23-9)24-6-5-19-10(24)2)20-3-4-21-16(25)11-7-12(17)26-15(11)18/h5-8H,3-4H2,1-2H3,(H,21,25)(H,20,22,23). The van der Waals surface area contributed by atoms with E-state index in [2.05, 4.69) is 25.6 Å². The molecule has 3 heterocycles. The first-order valence-corrected chi connectivity index (χ1v) is 9.34. The second kappa shape index (κ2) is 8.03. The number of hydrogen-bond donors (Lipinski definition) is 2. The fraction of sp³-hybridized carbons (Fsp3) is 0.250. The smallest absolute Gasteiger partial charge is 0.253 e. The predicted molar refractivity (Wildman–Crippen MR) is 104 cm³/mol. The molecule has 1 amide bonds. The first-order chi connectivity index (χ1) is 12.4. The summed E-state index contributed by atoms with van der Waals surface area (Å²) in [5.74, 6) is 2.63. The summed E-state index contributed by atoms with van der Waals surface area (Å²) in [6.45, 7) is 4.64. The number of anilines is 1. The quantitative estimate of drug-likeness (QED) is 0.607. The number of hydrogen-bond acceptors (Lipinski definition) is 6. The number of rotatable bonds is 6. The Bertz CT molecular complexity index is 939. The van der Waals surface area contributed by atoms with Crippen LogP contribution in [0.25, 0.3) is 5.82 Å². The van der Waals surface area contributed by atoms with Crippen LogP contribution in [0.4, 0.5) is 5.82 Å². The highest BCUT2D eigenvalue weighted by Crippen LogP contribution is 2.30. The van der Waals surface area contributed by atoms with Gasteiger partial charge in [-0.05, 0) is 19.9 Å². The lowest BCUT2D eigenvalue weighted by Crippen LogP contribution is -2.28. The molecule has 2 N–H and O–H groups in total. The summed E-state index contributed by atoms with van der Waals surface area (Å²) in [6.07, 6.45) is 3.56. The van der Waals surface area contributed by atoms with E-state index in [4.69, 9.17) is 23.2 Å². The third-order valence-electron chi connectivity index (χ3n) is 3.51. The van der Waals surface area contributed by atoms with Gasteiger partial charge in [-0.15, -0.1) is 11.3 Å². The van der Waals surface area contributed by atoms with Crippen LogP contribution < -0.4 is 10.6 Å². The van der Waals surface area contributed by atoms with Crippen molar-refractivity contribution in [3.05, 3.63) is 50.4 Å². The maximum absolute atomic E-state index is 12.1. The van der Waals surface area contributed by atoms with Crippen molar-refractivity contribution in [1.29, 1.82) is 0 Å². The van der Waals surface area contributed by atoms with Crippen molar-refractivity contribution >= 4 is 46.3 Å². The van der Waals surface area contributed by atoms with Gasteiger partial charge >= 0.3 is 0 Å². The molecule has 0 bridgehead atoms. The van der Waals surface area contributed by atoms with Crippen LogP contribution in [-0.4, -0.2) is 38.5 Å². The molecule has 3 rings (SSSR count). The minimum absolute atomic E-state index is 0.256. The van der Waals surface area contributed by atoms with Gasteiger partial charge in [0.25, 0.3) is 5.91 Å². The Balaban J connectivity index is 1.58. The van der Waals surface area contributed by atoms with Gasteiger partial charge in [-0.25, -0.2) is 15.0 Å². The van der Waals surface area contributed by atoms with Gasteiger partial charge in [0.15, 0.2) is 0 Å². The number of imidazole rings is 1. The van der Waals surface area contributed by atoms with E-state index in [0.717, 1.165) is 11.6 Å². The molecule has 0 fully saturated rings. The lowest BCUT2D eigenvalue weighted by Gasteiger charge is -2.10.